The van der Waals surface area contributed by atoms with Crippen molar-refractivity contribution < 1.29 is 38.2 Å². The summed E-state index contributed by atoms with van der Waals surface area (Å²) in [7, 11) is 2.71. The van der Waals surface area contributed by atoms with Gasteiger partial charge in [0.05, 0.1) is 37.0 Å². The summed E-state index contributed by atoms with van der Waals surface area (Å²) in [6.07, 6.45) is 1.48. The molecule has 5 N–H and O–H groups in total. The van der Waals surface area contributed by atoms with Gasteiger partial charge >= 0.3 is 5.97 Å². The number of benzene rings is 1. The molecule has 42 heavy (non-hydrogen) atoms. The number of nitrogens with zero attached hydrogens (tertiary/aromatic N) is 1. The minimum atomic E-state index is -1.58. The number of nitrogens with two attached hydrogens (primary N) is 1. The normalized spacial score (nSPS) is 14.5. The van der Waals surface area contributed by atoms with Crippen molar-refractivity contribution in [1.29, 1.82) is 0 Å². The monoisotopic (exact) mass is 717 g/mol. The number of ether oxygens (including phenoxy) is 3. The maximum atomic E-state index is 13.7. The first-order valence-corrected chi connectivity index (χ1v) is 15.2. The number of Topliss-reactive ketones (excluding diaryl/α,β-unsaturated/α-hetero) is 1. The van der Waals surface area contributed by atoms with E-state index in [0.29, 0.717) is 9.88 Å². The van der Waals surface area contributed by atoms with Crippen molar-refractivity contribution in [1.82, 2.24) is 20.9 Å². The summed E-state index contributed by atoms with van der Waals surface area (Å²) in [5.74, 6) is -3.27. The van der Waals surface area contributed by atoms with Crippen LogP contribution in [0.2, 0.25) is 0 Å². The topological polar surface area (TPSA) is 188 Å². The highest BCUT2D eigenvalue weighted by molar-refractivity contribution is 14.1. The van der Waals surface area contributed by atoms with E-state index < -0.39 is 59.7 Å². The van der Waals surface area contributed by atoms with Crippen LogP contribution in [-0.2, 0) is 39.8 Å². The number of nitrogens with one attached hydrogen (secondary N) is 3. The number of methoxy groups -OCH3 is 2. The molecule has 4 unspecified atom stereocenters. The van der Waals surface area contributed by atoms with Gasteiger partial charge in [0.25, 0.3) is 5.91 Å². The molecular weight excluding hydrogens is 681 g/mol. The van der Waals surface area contributed by atoms with Gasteiger partial charge in [0.2, 0.25) is 11.8 Å². The van der Waals surface area contributed by atoms with Crippen LogP contribution in [0.25, 0.3) is 0 Å². The van der Waals surface area contributed by atoms with E-state index in [2.05, 4.69) is 20.9 Å². The molecule has 0 saturated carbocycles. The molecule has 0 radical (unpaired) electrons. The van der Waals surface area contributed by atoms with Gasteiger partial charge in [-0.25, -0.2) is 4.98 Å². The summed E-state index contributed by atoms with van der Waals surface area (Å²) in [5, 5.41) is 8.53. The number of rotatable bonds is 17. The van der Waals surface area contributed by atoms with Crippen LogP contribution >= 0.6 is 33.9 Å². The number of hydrogen-bond donors (Lipinski definition) is 4. The second kappa shape index (κ2) is 17.2. The van der Waals surface area contributed by atoms with E-state index in [-0.39, 0.29) is 24.1 Å². The first kappa shape index (κ1) is 35.2. The van der Waals surface area contributed by atoms with E-state index in [4.69, 9.17) is 19.9 Å². The second-order valence-corrected chi connectivity index (χ2v) is 11.4. The van der Waals surface area contributed by atoms with Crippen molar-refractivity contribution >= 4 is 63.4 Å². The Labute approximate surface area is 261 Å². The van der Waals surface area contributed by atoms with Crippen molar-refractivity contribution in [3.05, 3.63) is 52.0 Å². The number of esters is 1. The summed E-state index contributed by atoms with van der Waals surface area (Å²) in [4.78, 5) is 69.4. The Morgan fingerprint density at radius 3 is 2.05 bits per heavy atom. The Kier molecular flexibility index (Phi) is 14.4. The van der Waals surface area contributed by atoms with E-state index >= 15 is 0 Å². The van der Waals surface area contributed by atoms with Crippen LogP contribution in [0.3, 0.4) is 0 Å². The van der Waals surface area contributed by atoms with E-state index in [1.165, 1.54) is 27.3 Å². The molecule has 3 amide bonds. The lowest BCUT2D eigenvalue weighted by Gasteiger charge is -2.31. The molecule has 0 saturated heterocycles. The highest BCUT2D eigenvalue weighted by Crippen LogP contribution is 2.20. The first-order chi connectivity index (χ1) is 20.0. The summed E-state index contributed by atoms with van der Waals surface area (Å²) in [6, 6.07) is 5.45. The van der Waals surface area contributed by atoms with Crippen LogP contribution in [0.5, 0.6) is 0 Å². The van der Waals surface area contributed by atoms with Crippen LogP contribution in [0.1, 0.15) is 27.2 Å². The van der Waals surface area contributed by atoms with Gasteiger partial charge in [-0.05, 0) is 25.8 Å². The molecule has 0 bridgehead atoms. The lowest BCUT2D eigenvalue weighted by atomic mass is 9.92. The number of halogens is 1. The Morgan fingerprint density at radius 1 is 0.976 bits per heavy atom. The Morgan fingerprint density at radius 2 is 1.55 bits per heavy atom. The number of ketones is 1. The molecule has 0 spiro atoms. The lowest BCUT2D eigenvalue weighted by molar-refractivity contribution is -0.162. The molecule has 1 heterocycles. The molecule has 0 aliphatic rings. The predicted octanol–water partition coefficient (Wildman–Crippen LogP) is 0.320. The Balaban J connectivity index is 2.27. The fraction of sp³-hybridized carbons (Fsp3) is 0.481. The molecule has 2 rings (SSSR count). The molecule has 13 nitrogen and oxygen atoms in total. The van der Waals surface area contributed by atoms with Gasteiger partial charge in [0.1, 0.15) is 17.0 Å². The number of aromatic nitrogens is 1. The summed E-state index contributed by atoms with van der Waals surface area (Å²) >= 11 is 3.09. The fourth-order valence-electron chi connectivity index (χ4n) is 3.80. The number of carbonyl (C=O) groups excluding carboxylic acids is 5. The second-order valence-electron chi connectivity index (χ2n) is 9.40. The van der Waals surface area contributed by atoms with Crippen LogP contribution < -0.4 is 21.7 Å². The minimum absolute atomic E-state index is 0.0854. The Bertz CT molecular complexity index is 1230. The highest BCUT2D eigenvalue weighted by atomic mass is 127. The van der Waals surface area contributed by atoms with Crippen LogP contribution in [-0.4, -0.2) is 96.6 Å². The number of carbonyl (C=O) groups is 5. The number of aryl methyl sites for hydroxylation is 1. The number of hydrogen-bond acceptors (Lipinski definition) is 11. The molecule has 0 fully saturated rings. The molecule has 2 aromatic rings. The van der Waals surface area contributed by atoms with E-state index in [1.807, 2.05) is 28.7 Å². The van der Waals surface area contributed by atoms with E-state index in [9.17, 15) is 24.0 Å². The summed E-state index contributed by atoms with van der Waals surface area (Å²) in [6.45, 7) is 2.37. The minimum Gasteiger partial charge on any atom is -0.449 e. The van der Waals surface area contributed by atoms with Crippen LogP contribution in [0, 0.1) is 6.92 Å². The van der Waals surface area contributed by atoms with Crippen molar-refractivity contribution in [3.8, 4) is 0 Å². The van der Waals surface area contributed by atoms with Gasteiger partial charge in [0.15, 0.2) is 11.4 Å². The molecule has 0 aliphatic carbocycles. The fourth-order valence-corrected chi connectivity index (χ4v) is 5.02. The van der Waals surface area contributed by atoms with Gasteiger partial charge in [-0.3, -0.25) is 24.0 Å². The molecule has 1 aromatic heterocycles. The third-order valence-corrected chi connectivity index (χ3v) is 8.33. The van der Waals surface area contributed by atoms with E-state index in [0.717, 1.165) is 16.9 Å². The standard InChI is InChI=1S/C27H36IN5O8S/c1-16-30-12-21(42-16)26(38)33-20(14-40-4)25(37)32-19(13-39-3)24(36)31-18(10-17-8-6-5-7-9-17)23(35)27(2,15-28)41-22(34)11-29/h5-9,12,18-20H,10-11,13-15,29H2,1-4H3,(H,31,36)(H,32,37)(H,33,38). The maximum Gasteiger partial charge on any atom is 0.320 e. The zero-order valence-corrected chi connectivity index (χ0v) is 26.8. The van der Waals surface area contributed by atoms with Crippen LogP contribution in [0.4, 0.5) is 0 Å². The highest BCUT2D eigenvalue weighted by Gasteiger charge is 2.42. The zero-order valence-electron chi connectivity index (χ0n) is 23.8. The molecule has 15 heteroatoms. The predicted molar refractivity (Wildman–Crippen MR) is 163 cm³/mol. The van der Waals surface area contributed by atoms with Crippen molar-refractivity contribution in [2.75, 3.05) is 38.4 Å². The van der Waals surface area contributed by atoms with Crippen LogP contribution in [0.15, 0.2) is 36.5 Å². The Hall–Kier alpha value is -2.99. The smallest absolute Gasteiger partial charge is 0.320 e. The quantitative estimate of drug-likeness (QED) is 0.101. The average molecular weight is 718 g/mol. The van der Waals surface area contributed by atoms with Crippen molar-refractivity contribution in [2.24, 2.45) is 5.73 Å². The summed E-state index contributed by atoms with van der Waals surface area (Å²) in [5.41, 5.74) is 4.56. The van der Waals surface area contributed by atoms with Gasteiger partial charge in [-0.15, -0.1) is 11.3 Å². The number of thiazole rings is 1. The van der Waals surface area contributed by atoms with Gasteiger partial charge in [-0.1, -0.05) is 52.9 Å². The van der Waals surface area contributed by atoms with Gasteiger partial charge < -0.3 is 35.9 Å². The first-order valence-electron chi connectivity index (χ1n) is 12.9. The SMILES string of the molecule is COCC(NC(=O)c1cnc(C)s1)C(=O)NC(COC)C(=O)NC(Cc1ccccc1)C(=O)C(C)(CI)OC(=O)CN. The molecule has 0 aliphatic heterocycles. The van der Waals surface area contributed by atoms with Gasteiger partial charge in [0, 0.05) is 18.6 Å². The maximum absolute atomic E-state index is 13.7. The van der Waals surface area contributed by atoms with E-state index in [1.54, 1.807) is 31.2 Å². The summed E-state index contributed by atoms with van der Waals surface area (Å²) < 4.78 is 15.8. The third-order valence-electron chi connectivity index (χ3n) is 5.96. The zero-order chi connectivity index (χ0) is 31.3. The number of alkyl halides is 1. The molecule has 4 atom stereocenters. The largest absolute Gasteiger partial charge is 0.449 e. The molecule has 230 valence electrons. The van der Waals surface area contributed by atoms with Crippen molar-refractivity contribution in [2.45, 2.75) is 44.0 Å². The number of amides is 3. The van der Waals surface area contributed by atoms with Crippen molar-refractivity contribution in [3.63, 3.8) is 0 Å². The molecular formula is C27H36IN5O8S. The average Bonchev–Trinajstić information content (AvgIpc) is 3.42. The van der Waals surface area contributed by atoms with Gasteiger partial charge in [-0.2, -0.15) is 0 Å². The molecule has 1 aromatic carbocycles. The lowest BCUT2D eigenvalue weighted by Crippen LogP contribution is -2.60. The third kappa shape index (κ3) is 10.4.